The van der Waals surface area contributed by atoms with E-state index in [0.29, 0.717) is 12.8 Å². The van der Waals surface area contributed by atoms with Crippen molar-refractivity contribution in [2.45, 2.75) is 148 Å². The van der Waals surface area contributed by atoms with E-state index in [1.54, 1.807) is 0 Å². The van der Waals surface area contributed by atoms with Crippen molar-refractivity contribution in [1.29, 1.82) is 0 Å². The molecule has 1 atom stereocenters. The Hall–Kier alpha value is -1.48. The molecule has 0 aliphatic heterocycles. The zero-order valence-electron chi connectivity index (χ0n) is 25.0. The molecule has 0 radical (unpaired) electrons. The van der Waals surface area contributed by atoms with Gasteiger partial charge in [0.15, 0.2) is 6.10 Å². The van der Waals surface area contributed by atoms with E-state index in [9.17, 15) is 18.9 Å². The molecule has 10 nitrogen and oxygen atoms in total. The van der Waals surface area contributed by atoms with Gasteiger partial charge in [-0.1, -0.05) is 103 Å². The van der Waals surface area contributed by atoms with Gasteiger partial charge in [0.05, 0.1) is 6.61 Å². The molecule has 40 heavy (non-hydrogen) atoms. The van der Waals surface area contributed by atoms with E-state index in [1.165, 1.54) is 45.4 Å². The number of ether oxygens (including phenoxy) is 2. The minimum absolute atomic E-state index is 0.00381. The summed E-state index contributed by atoms with van der Waals surface area (Å²) >= 11 is 0. The van der Waals surface area contributed by atoms with Gasteiger partial charge in [0.1, 0.15) is 6.61 Å². The van der Waals surface area contributed by atoms with Crippen LogP contribution in [0.25, 0.3) is 0 Å². The molecule has 0 saturated heterocycles. The first-order valence-electron chi connectivity index (χ1n) is 15.4. The van der Waals surface area contributed by atoms with Crippen LogP contribution in [0.15, 0.2) is 0 Å². The number of hydrogen-bond donors (Lipinski definition) is 3. The van der Waals surface area contributed by atoms with Gasteiger partial charge in [-0.25, -0.2) is 4.57 Å². The van der Waals surface area contributed by atoms with Crippen molar-refractivity contribution >= 4 is 25.7 Å². The van der Waals surface area contributed by atoms with Crippen molar-refractivity contribution in [3.63, 3.8) is 0 Å². The predicted molar refractivity (Wildman–Crippen MR) is 156 cm³/mol. The highest BCUT2D eigenvalue weighted by molar-refractivity contribution is 7.46. The molecular weight excluding hydrogens is 537 g/mol. The highest BCUT2D eigenvalue weighted by Crippen LogP contribution is 2.35. The van der Waals surface area contributed by atoms with E-state index in [4.69, 9.17) is 19.3 Å². The van der Waals surface area contributed by atoms with Gasteiger partial charge in [-0.2, -0.15) is 0 Å². The molecule has 0 saturated carbocycles. The highest BCUT2D eigenvalue weighted by atomic mass is 31.2. The smallest absolute Gasteiger partial charge is 0.462 e. The summed E-state index contributed by atoms with van der Waals surface area (Å²) in [7, 11) is -4.75. The van der Waals surface area contributed by atoms with Crippen LogP contribution in [-0.2, 0) is 32.9 Å². The molecule has 0 aliphatic rings. The van der Waals surface area contributed by atoms with Crippen LogP contribution in [-0.4, -0.2) is 53.5 Å². The fraction of sp³-hybridized carbons (Fsp3) is 0.897. The first kappa shape index (κ1) is 38.5. The lowest BCUT2D eigenvalue weighted by molar-refractivity contribution is -0.161. The van der Waals surface area contributed by atoms with Crippen LogP contribution in [0.3, 0.4) is 0 Å². The number of esters is 2. The second-order valence-electron chi connectivity index (χ2n) is 10.6. The first-order chi connectivity index (χ1) is 19.1. The van der Waals surface area contributed by atoms with Gasteiger partial charge in [0, 0.05) is 26.3 Å². The molecule has 11 heteroatoms. The molecule has 0 bridgehead atoms. The van der Waals surface area contributed by atoms with E-state index in [2.05, 4.69) is 16.8 Å². The molecule has 1 amide bonds. The predicted octanol–water partition coefficient (Wildman–Crippen LogP) is 6.51. The fourth-order valence-corrected chi connectivity index (χ4v) is 4.64. The van der Waals surface area contributed by atoms with E-state index in [1.807, 2.05) is 0 Å². The van der Waals surface area contributed by atoms with Gasteiger partial charge in [0.2, 0.25) is 5.91 Å². The van der Waals surface area contributed by atoms with Gasteiger partial charge < -0.3 is 24.6 Å². The highest BCUT2D eigenvalue weighted by Gasteiger charge is 2.22. The molecule has 0 heterocycles. The summed E-state index contributed by atoms with van der Waals surface area (Å²) in [6, 6.07) is 0. The van der Waals surface area contributed by atoms with E-state index in [0.717, 1.165) is 70.8 Å². The van der Waals surface area contributed by atoms with Crippen molar-refractivity contribution in [2.24, 2.45) is 0 Å². The molecule has 3 N–H and O–H groups in total. The fourth-order valence-electron chi connectivity index (χ4n) is 4.28. The summed E-state index contributed by atoms with van der Waals surface area (Å²) in [5, 5.41) is 2.79. The van der Waals surface area contributed by atoms with Crippen LogP contribution in [0.4, 0.5) is 0 Å². The maximum Gasteiger partial charge on any atom is 0.469 e. The molecule has 236 valence electrons. The number of rotatable bonds is 28. The molecule has 0 aromatic carbocycles. The SMILES string of the molecule is CCCCCCCCCCCCC(=O)O[C@H](COC(=O)CCCCCCCCCCNC(C)=O)COP(=O)(O)O. The van der Waals surface area contributed by atoms with Gasteiger partial charge in [-0.05, 0) is 19.3 Å². The summed E-state index contributed by atoms with van der Waals surface area (Å²) in [5.41, 5.74) is 0. The van der Waals surface area contributed by atoms with Crippen LogP contribution in [0.1, 0.15) is 142 Å². The van der Waals surface area contributed by atoms with Gasteiger partial charge in [-0.3, -0.25) is 18.9 Å². The Kier molecular flexibility index (Phi) is 25.4. The van der Waals surface area contributed by atoms with Crippen molar-refractivity contribution in [2.75, 3.05) is 19.8 Å². The number of amides is 1. The number of carbonyl (C=O) groups excluding carboxylic acids is 3. The minimum Gasteiger partial charge on any atom is -0.462 e. The number of unbranched alkanes of at least 4 members (excludes halogenated alkanes) is 16. The largest absolute Gasteiger partial charge is 0.469 e. The first-order valence-corrected chi connectivity index (χ1v) is 17.0. The Balaban J connectivity index is 4.02. The van der Waals surface area contributed by atoms with Gasteiger partial charge in [-0.15, -0.1) is 0 Å². The van der Waals surface area contributed by atoms with Crippen molar-refractivity contribution in [3.8, 4) is 0 Å². The van der Waals surface area contributed by atoms with Crippen LogP contribution >= 0.6 is 7.82 Å². The molecule has 0 spiro atoms. The van der Waals surface area contributed by atoms with Crippen LogP contribution in [0.5, 0.6) is 0 Å². The number of phosphoric acid groups is 1. The molecule has 0 aromatic heterocycles. The Labute approximate surface area is 241 Å². The lowest BCUT2D eigenvalue weighted by Crippen LogP contribution is -2.29. The van der Waals surface area contributed by atoms with Crippen LogP contribution in [0, 0.1) is 0 Å². The quantitative estimate of drug-likeness (QED) is 0.0524. The summed E-state index contributed by atoms with van der Waals surface area (Å²) in [5.74, 6) is -0.931. The Morgan fingerprint density at radius 2 is 1.12 bits per heavy atom. The number of nitrogens with one attached hydrogen (secondary N) is 1. The lowest BCUT2D eigenvalue weighted by atomic mass is 10.1. The standard InChI is InChI=1S/C29H56NO9P/c1-3-4-5-6-7-8-9-13-16-19-22-29(33)39-27(25-38-40(34,35)36)24-37-28(32)21-18-15-12-10-11-14-17-20-23-30-26(2)31/h27H,3-25H2,1-2H3,(H,30,31)(H2,34,35,36)/t27-/m1/s1. The van der Waals surface area contributed by atoms with Crippen LogP contribution in [0.2, 0.25) is 0 Å². The molecular formula is C29H56NO9P. The number of hydrogen-bond acceptors (Lipinski definition) is 7. The topological polar surface area (TPSA) is 148 Å². The maximum absolute atomic E-state index is 12.2. The number of carbonyl (C=O) groups is 3. The monoisotopic (exact) mass is 593 g/mol. The molecule has 0 rings (SSSR count). The van der Waals surface area contributed by atoms with E-state index < -0.39 is 32.5 Å². The van der Waals surface area contributed by atoms with Crippen molar-refractivity contribution in [1.82, 2.24) is 5.32 Å². The third-order valence-electron chi connectivity index (χ3n) is 6.57. The normalized spacial score (nSPS) is 12.2. The molecule has 0 aromatic rings. The lowest BCUT2D eigenvalue weighted by Gasteiger charge is -2.18. The van der Waals surface area contributed by atoms with E-state index >= 15 is 0 Å². The average Bonchev–Trinajstić information content (AvgIpc) is 2.89. The molecule has 0 aliphatic carbocycles. The maximum atomic E-state index is 12.2. The Bertz CT molecular complexity index is 699. The van der Waals surface area contributed by atoms with Crippen LogP contribution < -0.4 is 5.32 Å². The molecule has 0 unspecified atom stereocenters. The summed E-state index contributed by atoms with van der Waals surface area (Å²) < 4.78 is 26.1. The van der Waals surface area contributed by atoms with Gasteiger partial charge in [0.25, 0.3) is 0 Å². The third-order valence-corrected chi connectivity index (χ3v) is 7.06. The average molecular weight is 594 g/mol. The zero-order chi connectivity index (χ0) is 29.9. The number of phosphoric ester groups is 1. The Morgan fingerprint density at radius 1 is 0.675 bits per heavy atom. The summed E-state index contributed by atoms with van der Waals surface area (Å²) in [6.45, 7) is 3.60. The summed E-state index contributed by atoms with van der Waals surface area (Å²) in [6.07, 6.45) is 18.8. The van der Waals surface area contributed by atoms with Crippen molar-refractivity contribution < 1.29 is 42.7 Å². The minimum atomic E-state index is -4.75. The molecule has 0 fully saturated rings. The second-order valence-corrected chi connectivity index (χ2v) is 11.8. The van der Waals surface area contributed by atoms with Crippen molar-refractivity contribution in [3.05, 3.63) is 0 Å². The van der Waals surface area contributed by atoms with Gasteiger partial charge >= 0.3 is 19.8 Å². The third kappa shape index (κ3) is 29.5. The second kappa shape index (κ2) is 26.4. The zero-order valence-corrected chi connectivity index (χ0v) is 25.9. The summed E-state index contributed by atoms with van der Waals surface area (Å²) in [4.78, 5) is 53.1. The Morgan fingerprint density at radius 3 is 1.60 bits per heavy atom. The van der Waals surface area contributed by atoms with E-state index in [-0.39, 0.29) is 25.4 Å².